The summed E-state index contributed by atoms with van der Waals surface area (Å²) in [6.45, 7) is 4.14. The highest BCUT2D eigenvalue weighted by atomic mass is 19.4. The van der Waals surface area contributed by atoms with Crippen LogP contribution in [0.3, 0.4) is 0 Å². The van der Waals surface area contributed by atoms with E-state index in [4.69, 9.17) is 0 Å². The molecule has 0 aliphatic heterocycles. The van der Waals surface area contributed by atoms with Crippen molar-refractivity contribution >= 4 is 0 Å². The van der Waals surface area contributed by atoms with Gasteiger partial charge in [0.2, 0.25) is 0 Å². The standard InChI is InChI=1S/C17H17F3/c1-3-12-8-9-15(10-13(12)4-2)14-6-5-7-16(11-14)17(18,19)20/h5-11H,3-4H2,1-2H3. The molecule has 20 heavy (non-hydrogen) atoms. The Morgan fingerprint density at radius 2 is 1.45 bits per heavy atom. The lowest BCUT2D eigenvalue weighted by molar-refractivity contribution is -0.137. The van der Waals surface area contributed by atoms with Crippen LogP contribution in [0.5, 0.6) is 0 Å². The smallest absolute Gasteiger partial charge is 0.166 e. The van der Waals surface area contributed by atoms with E-state index in [9.17, 15) is 13.2 Å². The third kappa shape index (κ3) is 3.03. The highest BCUT2D eigenvalue weighted by Crippen LogP contribution is 2.32. The lowest BCUT2D eigenvalue weighted by Crippen LogP contribution is -2.04. The Kier molecular flexibility index (Phi) is 4.17. The average molecular weight is 278 g/mol. The van der Waals surface area contributed by atoms with E-state index < -0.39 is 11.7 Å². The van der Waals surface area contributed by atoms with Crippen molar-refractivity contribution in [2.75, 3.05) is 0 Å². The first-order valence-electron chi connectivity index (χ1n) is 6.75. The molecule has 106 valence electrons. The molecule has 0 spiro atoms. The molecule has 2 rings (SSSR count). The molecule has 0 N–H and O–H groups in total. The van der Waals surface area contributed by atoms with Gasteiger partial charge in [0.1, 0.15) is 0 Å². The molecular formula is C17H17F3. The van der Waals surface area contributed by atoms with Crippen molar-refractivity contribution in [3.05, 3.63) is 59.2 Å². The first-order chi connectivity index (χ1) is 9.45. The van der Waals surface area contributed by atoms with Gasteiger partial charge >= 0.3 is 6.18 Å². The molecule has 3 heteroatoms. The predicted molar refractivity (Wildman–Crippen MR) is 75.6 cm³/mol. The Balaban J connectivity index is 2.46. The Hall–Kier alpha value is -1.77. The third-order valence-corrected chi connectivity index (χ3v) is 3.49. The van der Waals surface area contributed by atoms with Gasteiger partial charge in [0.05, 0.1) is 5.56 Å². The second kappa shape index (κ2) is 5.70. The summed E-state index contributed by atoms with van der Waals surface area (Å²) in [6, 6.07) is 11.4. The molecule has 0 nitrogen and oxygen atoms in total. The van der Waals surface area contributed by atoms with Crippen LogP contribution in [-0.2, 0) is 19.0 Å². The van der Waals surface area contributed by atoms with Gasteiger partial charge in [0.15, 0.2) is 0 Å². The zero-order valence-electron chi connectivity index (χ0n) is 11.6. The molecule has 0 saturated carbocycles. The summed E-state index contributed by atoms with van der Waals surface area (Å²) in [6.07, 6.45) is -2.48. The van der Waals surface area contributed by atoms with E-state index in [0.717, 1.165) is 24.5 Å². The lowest BCUT2D eigenvalue weighted by Gasteiger charge is -2.11. The van der Waals surface area contributed by atoms with Gasteiger partial charge in [-0.2, -0.15) is 13.2 Å². The van der Waals surface area contributed by atoms with Crippen molar-refractivity contribution in [1.82, 2.24) is 0 Å². The average Bonchev–Trinajstić information content (AvgIpc) is 2.45. The maximum absolute atomic E-state index is 12.7. The molecule has 0 saturated heterocycles. The summed E-state index contributed by atoms with van der Waals surface area (Å²) in [4.78, 5) is 0. The molecule has 0 amide bonds. The van der Waals surface area contributed by atoms with Crippen LogP contribution >= 0.6 is 0 Å². The van der Waals surface area contributed by atoms with Crippen molar-refractivity contribution in [1.29, 1.82) is 0 Å². The minimum atomic E-state index is -4.30. The van der Waals surface area contributed by atoms with E-state index in [2.05, 4.69) is 13.8 Å². The second-order valence-electron chi connectivity index (χ2n) is 4.77. The van der Waals surface area contributed by atoms with Crippen molar-refractivity contribution in [2.24, 2.45) is 0 Å². The van der Waals surface area contributed by atoms with Crippen LogP contribution in [-0.4, -0.2) is 0 Å². The van der Waals surface area contributed by atoms with Crippen molar-refractivity contribution in [3.8, 4) is 11.1 Å². The van der Waals surface area contributed by atoms with Crippen LogP contribution in [0, 0.1) is 0 Å². The van der Waals surface area contributed by atoms with Crippen LogP contribution < -0.4 is 0 Å². The first kappa shape index (κ1) is 14.6. The minimum Gasteiger partial charge on any atom is -0.166 e. The van der Waals surface area contributed by atoms with Gasteiger partial charge in [-0.15, -0.1) is 0 Å². The molecule has 2 aromatic carbocycles. The topological polar surface area (TPSA) is 0 Å². The van der Waals surface area contributed by atoms with Gasteiger partial charge in [-0.05, 0) is 47.2 Å². The van der Waals surface area contributed by atoms with Crippen LogP contribution in [0.15, 0.2) is 42.5 Å². The van der Waals surface area contributed by atoms with Crippen LogP contribution in [0.4, 0.5) is 13.2 Å². The second-order valence-corrected chi connectivity index (χ2v) is 4.77. The van der Waals surface area contributed by atoms with Crippen molar-refractivity contribution in [2.45, 2.75) is 32.9 Å². The molecular weight excluding hydrogens is 261 g/mol. The monoisotopic (exact) mass is 278 g/mol. The maximum atomic E-state index is 12.7. The molecule has 0 aromatic heterocycles. The summed E-state index contributed by atoms with van der Waals surface area (Å²) >= 11 is 0. The summed E-state index contributed by atoms with van der Waals surface area (Å²) in [5.74, 6) is 0. The van der Waals surface area contributed by atoms with Gasteiger partial charge in [-0.3, -0.25) is 0 Å². The first-order valence-corrected chi connectivity index (χ1v) is 6.75. The molecule has 0 bridgehead atoms. The highest BCUT2D eigenvalue weighted by molar-refractivity contribution is 5.66. The number of alkyl halides is 3. The Morgan fingerprint density at radius 3 is 2.05 bits per heavy atom. The number of benzene rings is 2. The number of aryl methyl sites for hydroxylation is 2. The molecule has 0 aliphatic rings. The number of hydrogen-bond donors (Lipinski definition) is 0. The summed E-state index contributed by atoms with van der Waals surface area (Å²) in [5, 5.41) is 0. The molecule has 2 aromatic rings. The van der Waals surface area contributed by atoms with Crippen molar-refractivity contribution in [3.63, 3.8) is 0 Å². The fourth-order valence-corrected chi connectivity index (χ4v) is 2.35. The normalized spacial score (nSPS) is 11.7. The van der Waals surface area contributed by atoms with E-state index >= 15 is 0 Å². The Bertz CT molecular complexity index is 597. The predicted octanol–water partition coefficient (Wildman–Crippen LogP) is 5.50. The highest BCUT2D eigenvalue weighted by Gasteiger charge is 2.30. The van der Waals surface area contributed by atoms with Crippen LogP contribution in [0.25, 0.3) is 11.1 Å². The van der Waals surface area contributed by atoms with Crippen LogP contribution in [0.1, 0.15) is 30.5 Å². The van der Waals surface area contributed by atoms with Crippen molar-refractivity contribution < 1.29 is 13.2 Å². The fourth-order valence-electron chi connectivity index (χ4n) is 2.35. The lowest BCUT2D eigenvalue weighted by atomic mass is 9.96. The molecule has 0 heterocycles. The number of halogens is 3. The summed E-state index contributed by atoms with van der Waals surface area (Å²) in [5.41, 5.74) is 3.29. The molecule has 0 atom stereocenters. The fraction of sp³-hybridized carbons (Fsp3) is 0.294. The summed E-state index contributed by atoms with van der Waals surface area (Å²) < 4.78 is 38.2. The maximum Gasteiger partial charge on any atom is 0.416 e. The van der Waals surface area contributed by atoms with E-state index in [0.29, 0.717) is 5.56 Å². The Morgan fingerprint density at radius 1 is 0.800 bits per heavy atom. The van der Waals surface area contributed by atoms with Gasteiger partial charge in [0, 0.05) is 0 Å². The van der Waals surface area contributed by atoms with Gasteiger partial charge in [-0.25, -0.2) is 0 Å². The minimum absolute atomic E-state index is 0.604. The molecule has 0 unspecified atom stereocenters. The molecule has 0 radical (unpaired) electrons. The quantitative estimate of drug-likeness (QED) is 0.695. The molecule has 0 fully saturated rings. The number of hydrogen-bond acceptors (Lipinski definition) is 0. The van der Waals surface area contributed by atoms with Gasteiger partial charge in [0.25, 0.3) is 0 Å². The Labute approximate surface area is 117 Å². The third-order valence-electron chi connectivity index (χ3n) is 3.49. The van der Waals surface area contributed by atoms with Gasteiger partial charge < -0.3 is 0 Å². The van der Waals surface area contributed by atoms with E-state index in [1.54, 1.807) is 6.07 Å². The van der Waals surface area contributed by atoms with Gasteiger partial charge in [-0.1, -0.05) is 44.2 Å². The zero-order chi connectivity index (χ0) is 14.8. The van der Waals surface area contributed by atoms with E-state index in [-0.39, 0.29) is 0 Å². The van der Waals surface area contributed by atoms with E-state index in [1.807, 2.05) is 18.2 Å². The zero-order valence-corrected chi connectivity index (χ0v) is 11.6. The van der Waals surface area contributed by atoms with Crippen LogP contribution in [0.2, 0.25) is 0 Å². The largest absolute Gasteiger partial charge is 0.416 e. The number of rotatable bonds is 3. The molecule has 0 aliphatic carbocycles. The SMILES string of the molecule is CCc1ccc(-c2cccc(C(F)(F)F)c2)cc1CC. The summed E-state index contributed by atoms with van der Waals surface area (Å²) in [7, 11) is 0. The van der Waals surface area contributed by atoms with E-state index in [1.165, 1.54) is 23.3 Å².